The molecule has 0 unspecified atom stereocenters. The van der Waals surface area contributed by atoms with Gasteiger partial charge in [-0.15, -0.1) is 0 Å². The van der Waals surface area contributed by atoms with E-state index in [9.17, 15) is 29.1 Å². The predicted molar refractivity (Wildman–Crippen MR) is 103 cm³/mol. The van der Waals surface area contributed by atoms with E-state index in [1.54, 1.807) is 18.2 Å². The van der Waals surface area contributed by atoms with Crippen LogP contribution in [-0.4, -0.2) is 59.9 Å². The van der Waals surface area contributed by atoms with E-state index in [1.165, 1.54) is 6.07 Å². The van der Waals surface area contributed by atoms with Crippen molar-refractivity contribution >= 4 is 29.6 Å². The molecule has 0 bridgehead atoms. The molecule has 0 saturated carbocycles. The predicted octanol–water partition coefficient (Wildman–Crippen LogP) is -1.09. The number of amides is 4. The number of nitrogens with two attached hydrogens (primary N) is 1. The molecule has 2 atom stereocenters. The van der Waals surface area contributed by atoms with Crippen LogP contribution in [0.3, 0.4) is 0 Å². The van der Waals surface area contributed by atoms with Crippen molar-refractivity contribution in [3.8, 4) is 5.75 Å². The Hall–Kier alpha value is -3.63. The number of aliphatic carboxylic acids is 1. The van der Waals surface area contributed by atoms with Gasteiger partial charge in [0.05, 0.1) is 18.6 Å². The van der Waals surface area contributed by atoms with E-state index in [-0.39, 0.29) is 37.3 Å². The molecule has 1 aromatic rings. The molecular formula is C19H24N4O7. The minimum atomic E-state index is -1.34. The number of carbonyl (C=O) groups is 5. The SMILES string of the molecule is NC(=O)C[C@@H]1NC(=O)CC[C@@H](C(=O)O)NC(=O)c2ccccc2OCCCNC1=O. The lowest BCUT2D eigenvalue weighted by molar-refractivity contribution is -0.139. The topological polar surface area (TPSA) is 177 Å². The molecule has 1 aromatic carbocycles. The van der Waals surface area contributed by atoms with Gasteiger partial charge >= 0.3 is 5.97 Å². The highest BCUT2D eigenvalue weighted by atomic mass is 16.5. The van der Waals surface area contributed by atoms with E-state index in [0.29, 0.717) is 6.42 Å². The molecule has 0 aliphatic carbocycles. The second kappa shape index (κ2) is 10.8. The van der Waals surface area contributed by atoms with Crippen LogP contribution in [0.25, 0.3) is 0 Å². The normalized spacial score (nSPS) is 21.3. The van der Waals surface area contributed by atoms with Gasteiger partial charge < -0.3 is 31.5 Å². The van der Waals surface area contributed by atoms with Crippen molar-refractivity contribution < 1.29 is 33.8 Å². The largest absolute Gasteiger partial charge is 0.493 e. The number of primary amides is 1. The van der Waals surface area contributed by atoms with Crippen LogP contribution in [0.4, 0.5) is 0 Å². The summed E-state index contributed by atoms with van der Waals surface area (Å²) in [5.74, 6) is -3.71. The van der Waals surface area contributed by atoms with Gasteiger partial charge in [0, 0.05) is 13.0 Å². The number of carboxylic acid groups (broad SMARTS) is 1. The Kier molecular flexibility index (Phi) is 8.15. The molecule has 1 aliphatic rings. The zero-order valence-corrected chi connectivity index (χ0v) is 16.2. The summed E-state index contributed by atoms with van der Waals surface area (Å²) < 4.78 is 5.59. The molecule has 0 aromatic heterocycles. The van der Waals surface area contributed by atoms with E-state index in [1.807, 2.05) is 0 Å². The molecule has 0 radical (unpaired) electrons. The molecule has 0 fully saturated rings. The van der Waals surface area contributed by atoms with Crippen LogP contribution in [0.1, 0.15) is 36.0 Å². The lowest BCUT2D eigenvalue weighted by Gasteiger charge is -2.20. The Morgan fingerprint density at radius 1 is 1.17 bits per heavy atom. The molecule has 162 valence electrons. The van der Waals surface area contributed by atoms with Crippen LogP contribution in [0.2, 0.25) is 0 Å². The van der Waals surface area contributed by atoms with Crippen LogP contribution < -0.4 is 26.4 Å². The summed E-state index contributed by atoms with van der Waals surface area (Å²) in [6.07, 6.45) is -0.532. The number of carboxylic acids is 1. The number of hydrogen-bond acceptors (Lipinski definition) is 6. The molecule has 6 N–H and O–H groups in total. The maximum absolute atomic E-state index is 12.5. The van der Waals surface area contributed by atoms with E-state index in [4.69, 9.17) is 10.5 Å². The maximum atomic E-state index is 12.5. The van der Waals surface area contributed by atoms with Crippen LogP contribution in [-0.2, 0) is 19.2 Å². The van der Waals surface area contributed by atoms with Crippen molar-refractivity contribution in [3.05, 3.63) is 29.8 Å². The van der Waals surface area contributed by atoms with Gasteiger partial charge in [-0.2, -0.15) is 0 Å². The highest BCUT2D eigenvalue weighted by molar-refractivity contribution is 5.99. The van der Waals surface area contributed by atoms with Gasteiger partial charge in [0.1, 0.15) is 17.8 Å². The second-order valence-corrected chi connectivity index (χ2v) is 6.68. The smallest absolute Gasteiger partial charge is 0.326 e. The fourth-order valence-corrected chi connectivity index (χ4v) is 2.81. The number of ether oxygens (including phenoxy) is 1. The average Bonchev–Trinajstić information content (AvgIpc) is 2.69. The lowest BCUT2D eigenvalue weighted by atomic mass is 10.1. The van der Waals surface area contributed by atoms with Crippen molar-refractivity contribution in [2.75, 3.05) is 13.2 Å². The third-order valence-corrected chi connectivity index (χ3v) is 4.33. The summed E-state index contributed by atoms with van der Waals surface area (Å²) in [6, 6.07) is 3.83. The molecular weight excluding hydrogens is 396 g/mol. The zero-order valence-electron chi connectivity index (χ0n) is 16.2. The summed E-state index contributed by atoms with van der Waals surface area (Å²) in [5, 5.41) is 16.7. The van der Waals surface area contributed by atoms with E-state index >= 15 is 0 Å². The van der Waals surface area contributed by atoms with Gasteiger partial charge in [-0.3, -0.25) is 19.2 Å². The van der Waals surface area contributed by atoms with Crippen molar-refractivity contribution in [2.24, 2.45) is 5.73 Å². The molecule has 2 rings (SSSR count). The Labute approximate surface area is 172 Å². The van der Waals surface area contributed by atoms with Gasteiger partial charge in [0.2, 0.25) is 17.7 Å². The standard InChI is InChI=1S/C19H24N4O7/c20-15(24)10-13-18(27)21-8-3-9-30-14-5-2-1-4-11(14)17(26)23-12(19(28)29)6-7-16(25)22-13/h1-2,4-5,12-13H,3,6-10H2,(H2,20,24)(H,21,27)(H,22,25)(H,23,26)(H,28,29)/t12-,13-/m0/s1. The molecule has 30 heavy (non-hydrogen) atoms. The molecule has 1 aliphatic heterocycles. The van der Waals surface area contributed by atoms with Gasteiger partial charge in [-0.25, -0.2) is 4.79 Å². The summed E-state index contributed by atoms with van der Waals surface area (Å²) in [7, 11) is 0. The number of carbonyl (C=O) groups excluding carboxylic acids is 4. The summed E-state index contributed by atoms with van der Waals surface area (Å²) in [4.78, 5) is 59.8. The highest BCUT2D eigenvalue weighted by Gasteiger charge is 2.26. The number of para-hydroxylation sites is 1. The molecule has 1 heterocycles. The number of nitrogens with one attached hydrogen (secondary N) is 3. The molecule has 0 saturated heterocycles. The first-order valence-electron chi connectivity index (χ1n) is 9.38. The van der Waals surface area contributed by atoms with E-state index < -0.39 is 48.1 Å². The second-order valence-electron chi connectivity index (χ2n) is 6.68. The first-order chi connectivity index (χ1) is 14.3. The minimum Gasteiger partial charge on any atom is -0.493 e. The van der Waals surface area contributed by atoms with Crippen LogP contribution in [0, 0.1) is 0 Å². The van der Waals surface area contributed by atoms with Crippen molar-refractivity contribution in [2.45, 2.75) is 37.8 Å². The van der Waals surface area contributed by atoms with Gasteiger partial charge in [-0.1, -0.05) is 12.1 Å². The average molecular weight is 420 g/mol. The quantitative estimate of drug-likeness (QED) is 0.412. The number of benzene rings is 1. The number of fused-ring (bicyclic) bond motifs is 1. The minimum absolute atomic E-state index is 0.158. The maximum Gasteiger partial charge on any atom is 0.326 e. The van der Waals surface area contributed by atoms with Gasteiger partial charge in [0.15, 0.2) is 0 Å². The number of rotatable bonds is 3. The molecule has 11 heteroatoms. The summed E-state index contributed by atoms with van der Waals surface area (Å²) in [6.45, 7) is 0.374. The lowest BCUT2D eigenvalue weighted by Crippen LogP contribution is -2.49. The highest BCUT2D eigenvalue weighted by Crippen LogP contribution is 2.18. The van der Waals surface area contributed by atoms with Crippen LogP contribution in [0.5, 0.6) is 5.75 Å². The van der Waals surface area contributed by atoms with E-state index in [2.05, 4.69) is 16.0 Å². The van der Waals surface area contributed by atoms with Crippen LogP contribution in [0.15, 0.2) is 24.3 Å². The van der Waals surface area contributed by atoms with Crippen molar-refractivity contribution in [3.63, 3.8) is 0 Å². The zero-order chi connectivity index (χ0) is 22.1. The van der Waals surface area contributed by atoms with Crippen LogP contribution >= 0.6 is 0 Å². The van der Waals surface area contributed by atoms with Gasteiger partial charge in [-0.05, 0) is 25.0 Å². The van der Waals surface area contributed by atoms with Crippen molar-refractivity contribution in [1.82, 2.24) is 16.0 Å². The summed E-state index contributed by atoms with van der Waals surface area (Å²) >= 11 is 0. The monoisotopic (exact) mass is 420 g/mol. The Balaban J connectivity index is 2.22. The van der Waals surface area contributed by atoms with Gasteiger partial charge in [0.25, 0.3) is 5.91 Å². The fourth-order valence-electron chi connectivity index (χ4n) is 2.81. The summed E-state index contributed by atoms with van der Waals surface area (Å²) in [5.41, 5.74) is 5.30. The fraction of sp³-hybridized carbons (Fsp3) is 0.421. The van der Waals surface area contributed by atoms with E-state index in [0.717, 1.165) is 0 Å². The Morgan fingerprint density at radius 2 is 1.90 bits per heavy atom. The molecule has 11 nitrogen and oxygen atoms in total. The molecule has 4 amide bonds. The third kappa shape index (κ3) is 6.76. The first-order valence-corrected chi connectivity index (χ1v) is 9.38. The first kappa shape index (κ1) is 22.7. The van der Waals surface area contributed by atoms with Crippen molar-refractivity contribution in [1.29, 1.82) is 0 Å². The third-order valence-electron chi connectivity index (χ3n) is 4.33. The molecule has 0 spiro atoms. The Morgan fingerprint density at radius 3 is 2.60 bits per heavy atom. The number of hydrogen-bond donors (Lipinski definition) is 5. The Bertz CT molecular complexity index is 827.